The van der Waals surface area contributed by atoms with Gasteiger partial charge in [-0.3, -0.25) is 0 Å². The van der Waals surface area contributed by atoms with Gasteiger partial charge in [0.25, 0.3) is 0 Å². The fourth-order valence-corrected chi connectivity index (χ4v) is 0.768. The van der Waals surface area contributed by atoms with E-state index >= 15 is 0 Å². The summed E-state index contributed by atoms with van der Waals surface area (Å²) in [6.07, 6.45) is 5.98. The quantitative estimate of drug-likeness (QED) is 0.299. The van der Waals surface area contributed by atoms with E-state index in [9.17, 15) is 0 Å². The van der Waals surface area contributed by atoms with Gasteiger partial charge in [-0.2, -0.15) is 4.91 Å². The molecule has 0 aromatic carbocycles. The Morgan fingerprint density at radius 2 is 2.56 bits per heavy atom. The van der Waals surface area contributed by atoms with Gasteiger partial charge in [0.15, 0.2) is 0 Å². The molecule has 48 valence electrons. The molecule has 0 spiro atoms. The predicted molar refractivity (Wildman–Crippen MR) is 34.2 cm³/mol. The molecule has 4 nitrogen and oxygen atoms in total. The third-order valence-electron chi connectivity index (χ3n) is 1.19. The molecule has 0 N–H and O–H groups in total. The molecule has 0 fully saturated rings. The zero-order valence-electron chi connectivity index (χ0n) is 5.06. The van der Waals surface area contributed by atoms with Crippen molar-refractivity contribution >= 4 is 0 Å². The van der Waals surface area contributed by atoms with Crippen LogP contribution in [-0.2, 0) is 0 Å². The lowest BCUT2D eigenvalue weighted by atomic mass is 10.2. The Morgan fingerprint density at radius 1 is 1.67 bits per heavy atom. The summed E-state index contributed by atoms with van der Waals surface area (Å²) in [5.74, 6) is 0. The van der Waals surface area contributed by atoms with Crippen LogP contribution in [0.25, 0.3) is 10.4 Å². The topological polar surface area (TPSA) is 52.0 Å². The molecular formula is C5H8N4. The normalized spacial score (nSPS) is 17.1. The van der Waals surface area contributed by atoms with Gasteiger partial charge in [-0.05, 0) is 24.1 Å². The Kier molecular flexibility index (Phi) is 1.99. The highest BCUT2D eigenvalue weighted by Crippen LogP contribution is 2.04. The van der Waals surface area contributed by atoms with E-state index in [1.165, 1.54) is 0 Å². The first-order valence-corrected chi connectivity index (χ1v) is 2.92. The zero-order chi connectivity index (χ0) is 6.53. The number of rotatable bonds is 1. The molecule has 9 heavy (non-hydrogen) atoms. The number of hydrogen-bond acceptors (Lipinski definition) is 1. The molecule has 0 amide bonds. The highest BCUT2D eigenvalue weighted by Gasteiger charge is 2.02. The molecule has 0 aromatic rings. The van der Waals surface area contributed by atoms with Crippen LogP contribution in [0, 0.1) is 0 Å². The summed E-state index contributed by atoms with van der Waals surface area (Å²) in [7, 11) is 0. The minimum atomic E-state index is 0.848. The first-order valence-electron chi connectivity index (χ1n) is 2.92. The van der Waals surface area contributed by atoms with Crippen molar-refractivity contribution in [1.29, 1.82) is 0 Å². The van der Waals surface area contributed by atoms with E-state index in [-0.39, 0.29) is 0 Å². The summed E-state index contributed by atoms with van der Waals surface area (Å²) in [5, 5.41) is 5.01. The van der Waals surface area contributed by atoms with Crippen LogP contribution in [0.2, 0.25) is 0 Å². The molecule has 0 unspecified atom stereocenters. The Balaban J connectivity index is 2.49. The van der Waals surface area contributed by atoms with Crippen LogP contribution in [-0.4, -0.2) is 11.6 Å². The third kappa shape index (κ3) is 1.66. The maximum atomic E-state index is 8.00. The molecule has 0 aliphatic carbocycles. The van der Waals surface area contributed by atoms with Gasteiger partial charge < -0.3 is 0 Å². The molecular weight excluding hydrogens is 116 g/mol. The Hall–Kier alpha value is -1.15. The van der Waals surface area contributed by atoms with Crippen molar-refractivity contribution in [1.82, 2.24) is 5.01 Å². The second-order valence-corrected chi connectivity index (χ2v) is 1.87. The Bertz CT molecular complexity index is 156. The predicted octanol–water partition coefficient (Wildman–Crippen LogP) is 1.82. The van der Waals surface area contributed by atoms with E-state index in [0.717, 1.165) is 19.4 Å². The SMILES string of the molecule is [N-]=[N+]=NN1C=CCCC1. The summed E-state index contributed by atoms with van der Waals surface area (Å²) < 4.78 is 0. The number of nitrogens with zero attached hydrogens (tertiary/aromatic N) is 4. The minimum absolute atomic E-state index is 0.848. The molecule has 0 radical (unpaired) electrons. The summed E-state index contributed by atoms with van der Waals surface area (Å²) >= 11 is 0. The van der Waals surface area contributed by atoms with Crippen molar-refractivity contribution in [2.24, 2.45) is 5.22 Å². The van der Waals surface area contributed by atoms with E-state index < -0.39 is 0 Å². The van der Waals surface area contributed by atoms with E-state index in [1.54, 1.807) is 5.01 Å². The van der Waals surface area contributed by atoms with Crippen LogP contribution in [0.5, 0.6) is 0 Å². The van der Waals surface area contributed by atoms with E-state index in [4.69, 9.17) is 5.53 Å². The Labute approximate surface area is 53.4 Å². The van der Waals surface area contributed by atoms with Gasteiger partial charge in [0.05, 0.1) is 12.7 Å². The van der Waals surface area contributed by atoms with Gasteiger partial charge in [0.1, 0.15) is 0 Å². The number of allylic oxidation sites excluding steroid dienone is 1. The van der Waals surface area contributed by atoms with Crippen LogP contribution >= 0.6 is 0 Å². The Morgan fingerprint density at radius 3 is 3.11 bits per heavy atom. The smallest absolute Gasteiger partial charge is 0.0936 e. The van der Waals surface area contributed by atoms with Gasteiger partial charge >= 0.3 is 0 Å². The van der Waals surface area contributed by atoms with E-state index in [2.05, 4.69) is 10.1 Å². The maximum Gasteiger partial charge on any atom is 0.0936 e. The van der Waals surface area contributed by atoms with Crippen LogP contribution in [0.3, 0.4) is 0 Å². The highest BCUT2D eigenvalue weighted by atomic mass is 15.5. The van der Waals surface area contributed by atoms with Crippen molar-refractivity contribution in [2.75, 3.05) is 6.54 Å². The summed E-state index contributed by atoms with van der Waals surface area (Å²) in [6, 6.07) is 0. The van der Waals surface area contributed by atoms with Crippen molar-refractivity contribution in [3.63, 3.8) is 0 Å². The van der Waals surface area contributed by atoms with Crippen molar-refractivity contribution in [2.45, 2.75) is 12.8 Å². The fourth-order valence-electron chi connectivity index (χ4n) is 0.768. The van der Waals surface area contributed by atoms with E-state index in [0.29, 0.717) is 0 Å². The lowest BCUT2D eigenvalue weighted by molar-refractivity contribution is 0.369. The lowest BCUT2D eigenvalue weighted by Crippen LogP contribution is -2.12. The summed E-state index contributed by atoms with van der Waals surface area (Å²) in [5.41, 5.74) is 8.00. The molecule has 1 aliphatic rings. The first-order chi connectivity index (χ1) is 4.43. The average Bonchev–Trinajstić information content (AvgIpc) is 1.91. The van der Waals surface area contributed by atoms with Crippen LogP contribution < -0.4 is 0 Å². The standard InChI is InChI=1S/C5H8N4/c6-7-8-9-4-2-1-3-5-9/h2,4H,1,3,5H2. The number of hydrogen-bond donors (Lipinski definition) is 0. The summed E-state index contributed by atoms with van der Waals surface area (Å²) in [6.45, 7) is 0.848. The van der Waals surface area contributed by atoms with Crippen molar-refractivity contribution in [3.8, 4) is 0 Å². The largest absolute Gasteiger partial charge is 0.221 e. The molecule has 0 saturated heterocycles. The molecule has 0 saturated carbocycles. The van der Waals surface area contributed by atoms with Crippen LogP contribution in [0.15, 0.2) is 17.5 Å². The molecule has 0 atom stereocenters. The van der Waals surface area contributed by atoms with Gasteiger partial charge in [-0.25, -0.2) is 5.01 Å². The minimum Gasteiger partial charge on any atom is -0.221 e. The first kappa shape index (κ1) is 5.98. The molecule has 0 bridgehead atoms. The molecule has 0 aromatic heterocycles. The third-order valence-corrected chi connectivity index (χ3v) is 1.19. The molecule has 1 rings (SSSR count). The van der Waals surface area contributed by atoms with Crippen LogP contribution in [0.4, 0.5) is 0 Å². The van der Waals surface area contributed by atoms with Gasteiger partial charge in [-0.15, -0.1) is 5.53 Å². The highest BCUT2D eigenvalue weighted by molar-refractivity contribution is 4.85. The molecule has 1 heterocycles. The molecule has 4 heteroatoms. The number of azide groups is 1. The maximum absolute atomic E-state index is 8.00. The second kappa shape index (κ2) is 2.99. The second-order valence-electron chi connectivity index (χ2n) is 1.87. The van der Waals surface area contributed by atoms with Crippen LogP contribution in [0.1, 0.15) is 12.8 Å². The summed E-state index contributed by atoms with van der Waals surface area (Å²) in [4.78, 5) is 2.66. The van der Waals surface area contributed by atoms with E-state index in [1.807, 2.05) is 12.3 Å². The lowest BCUT2D eigenvalue weighted by Gasteiger charge is -2.10. The van der Waals surface area contributed by atoms with Gasteiger partial charge in [0.2, 0.25) is 0 Å². The van der Waals surface area contributed by atoms with Crippen molar-refractivity contribution < 1.29 is 0 Å². The monoisotopic (exact) mass is 124 g/mol. The van der Waals surface area contributed by atoms with Gasteiger partial charge in [-0.1, -0.05) is 0 Å². The van der Waals surface area contributed by atoms with Crippen molar-refractivity contribution in [3.05, 3.63) is 22.7 Å². The fraction of sp³-hybridized carbons (Fsp3) is 0.600. The molecule has 1 aliphatic heterocycles. The van der Waals surface area contributed by atoms with Gasteiger partial charge in [0, 0.05) is 0 Å². The average molecular weight is 124 g/mol. The zero-order valence-corrected chi connectivity index (χ0v) is 5.06.